The van der Waals surface area contributed by atoms with Gasteiger partial charge in [-0.25, -0.2) is 9.97 Å². The zero-order valence-corrected chi connectivity index (χ0v) is 9.80. The van der Waals surface area contributed by atoms with E-state index in [-0.39, 0.29) is 5.78 Å². The monoisotopic (exact) mass is 242 g/mol. The predicted molar refractivity (Wildman–Crippen MR) is 67.8 cm³/mol. The topological polar surface area (TPSA) is 42.9 Å². The standard InChI is InChI=1S/C13H10N2OS/c16-12(11-5-2-1-3-6-11)7-10-17-13-14-8-4-9-15-13/h1-10H. The maximum absolute atomic E-state index is 11.7. The molecule has 0 saturated carbocycles. The lowest BCUT2D eigenvalue weighted by molar-refractivity contribution is 0.104. The van der Waals surface area contributed by atoms with Gasteiger partial charge in [0.05, 0.1) is 0 Å². The second kappa shape index (κ2) is 5.96. The highest BCUT2D eigenvalue weighted by Gasteiger charge is 1.99. The highest BCUT2D eigenvalue weighted by molar-refractivity contribution is 8.02. The van der Waals surface area contributed by atoms with Crippen molar-refractivity contribution in [1.82, 2.24) is 9.97 Å². The maximum atomic E-state index is 11.7. The van der Waals surface area contributed by atoms with E-state index in [1.165, 1.54) is 17.8 Å². The molecule has 0 saturated heterocycles. The van der Waals surface area contributed by atoms with Gasteiger partial charge in [-0.1, -0.05) is 42.1 Å². The highest BCUT2D eigenvalue weighted by Crippen LogP contribution is 2.13. The Bertz CT molecular complexity index is 511. The molecule has 84 valence electrons. The number of carbonyl (C=O) groups excluding carboxylic acids is 1. The first kappa shape index (κ1) is 11.5. The Hall–Kier alpha value is -1.94. The lowest BCUT2D eigenvalue weighted by Gasteiger charge is -1.94. The normalized spacial score (nSPS) is 10.6. The smallest absolute Gasteiger partial charge is 0.191 e. The van der Waals surface area contributed by atoms with Crippen molar-refractivity contribution in [3.05, 3.63) is 65.8 Å². The Kier molecular flexibility index (Phi) is 4.05. The van der Waals surface area contributed by atoms with Gasteiger partial charge in [0.1, 0.15) is 0 Å². The Morgan fingerprint density at radius 3 is 2.47 bits per heavy atom. The van der Waals surface area contributed by atoms with Crippen LogP contribution in [0.2, 0.25) is 0 Å². The molecule has 1 aromatic carbocycles. The van der Waals surface area contributed by atoms with E-state index in [0.717, 1.165) is 0 Å². The summed E-state index contributed by atoms with van der Waals surface area (Å²) in [6.07, 6.45) is 4.86. The van der Waals surface area contributed by atoms with Crippen LogP contribution in [0, 0.1) is 0 Å². The van der Waals surface area contributed by atoms with Crippen LogP contribution in [0.25, 0.3) is 0 Å². The lowest BCUT2D eigenvalue weighted by Crippen LogP contribution is -1.92. The number of allylic oxidation sites excluding steroid dienone is 1. The van der Waals surface area contributed by atoms with E-state index in [9.17, 15) is 4.79 Å². The molecule has 2 rings (SSSR count). The Labute approximate surface area is 104 Å². The molecule has 1 heterocycles. The molecule has 0 N–H and O–H groups in total. The fraction of sp³-hybridized carbons (Fsp3) is 0. The summed E-state index contributed by atoms with van der Waals surface area (Å²) in [5, 5.41) is 2.33. The summed E-state index contributed by atoms with van der Waals surface area (Å²) in [7, 11) is 0. The van der Waals surface area contributed by atoms with Crippen LogP contribution in [-0.2, 0) is 0 Å². The molecular weight excluding hydrogens is 232 g/mol. The molecule has 17 heavy (non-hydrogen) atoms. The van der Waals surface area contributed by atoms with Crippen LogP contribution in [0.4, 0.5) is 0 Å². The third-order valence-electron chi connectivity index (χ3n) is 1.99. The van der Waals surface area contributed by atoms with Gasteiger partial charge in [0.15, 0.2) is 10.9 Å². The Balaban J connectivity index is 1.96. The first-order valence-corrected chi connectivity index (χ1v) is 5.94. The van der Waals surface area contributed by atoms with Crippen LogP contribution in [0.3, 0.4) is 0 Å². The highest BCUT2D eigenvalue weighted by atomic mass is 32.2. The van der Waals surface area contributed by atoms with Crippen molar-refractivity contribution in [3.63, 3.8) is 0 Å². The third-order valence-corrected chi connectivity index (χ3v) is 2.69. The van der Waals surface area contributed by atoms with Crippen molar-refractivity contribution in [2.45, 2.75) is 5.16 Å². The van der Waals surface area contributed by atoms with Crippen LogP contribution < -0.4 is 0 Å². The molecule has 0 aliphatic rings. The fourth-order valence-electron chi connectivity index (χ4n) is 1.20. The van der Waals surface area contributed by atoms with E-state index in [0.29, 0.717) is 10.7 Å². The van der Waals surface area contributed by atoms with E-state index in [1.807, 2.05) is 18.2 Å². The molecule has 0 unspecified atom stereocenters. The van der Waals surface area contributed by atoms with E-state index >= 15 is 0 Å². The number of hydrogen-bond acceptors (Lipinski definition) is 4. The van der Waals surface area contributed by atoms with Gasteiger partial charge < -0.3 is 0 Å². The molecule has 0 bridgehead atoms. The zero-order chi connectivity index (χ0) is 11.9. The van der Waals surface area contributed by atoms with E-state index in [4.69, 9.17) is 0 Å². The molecule has 0 spiro atoms. The van der Waals surface area contributed by atoms with Gasteiger partial charge in [0, 0.05) is 18.0 Å². The van der Waals surface area contributed by atoms with Crippen molar-refractivity contribution in [1.29, 1.82) is 0 Å². The van der Waals surface area contributed by atoms with Crippen molar-refractivity contribution in [2.24, 2.45) is 0 Å². The minimum Gasteiger partial charge on any atom is -0.289 e. The van der Waals surface area contributed by atoms with Gasteiger partial charge in [-0.2, -0.15) is 0 Å². The van der Waals surface area contributed by atoms with Gasteiger partial charge in [0.2, 0.25) is 0 Å². The minimum absolute atomic E-state index is 0.0194. The van der Waals surface area contributed by atoms with Gasteiger partial charge in [-0.15, -0.1) is 0 Å². The molecule has 0 aliphatic heterocycles. The van der Waals surface area contributed by atoms with Gasteiger partial charge in [-0.3, -0.25) is 4.79 Å². The first-order chi connectivity index (χ1) is 8.36. The van der Waals surface area contributed by atoms with E-state index in [1.54, 1.807) is 36.0 Å². The van der Waals surface area contributed by atoms with Crippen LogP contribution in [-0.4, -0.2) is 15.8 Å². The fourth-order valence-corrected chi connectivity index (χ4v) is 1.76. The summed E-state index contributed by atoms with van der Waals surface area (Å²) in [5.41, 5.74) is 0.679. The number of rotatable bonds is 4. The summed E-state index contributed by atoms with van der Waals surface area (Å²) in [4.78, 5) is 19.8. The van der Waals surface area contributed by atoms with Gasteiger partial charge >= 0.3 is 0 Å². The van der Waals surface area contributed by atoms with Crippen LogP contribution >= 0.6 is 11.8 Å². The average Bonchev–Trinajstić information content (AvgIpc) is 2.41. The third kappa shape index (κ3) is 3.53. The first-order valence-electron chi connectivity index (χ1n) is 5.06. The van der Waals surface area contributed by atoms with Crippen molar-refractivity contribution in [3.8, 4) is 0 Å². The number of thioether (sulfide) groups is 1. The predicted octanol–water partition coefficient (Wildman–Crippen LogP) is 2.97. The number of nitrogens with zero attached hydrogens (tertiary/aromatic N) is 2. The molecule has 1 aromatic heterocycles. The van der Waals surface area contributed by atoms with E-state index < -0.39 is 0 Å². The number of aromatic nitrogens is 2. The van der Waals surface area contributed by atoms with Crippen molar-refractivity contribution < 1.29 is 4.79 Å². The summed E-state index contributed by atoms with van der Waals surface area (Å²) in [5.74, 6) is -0.0194. The average molecular weight is 242 g/mol. The van der Waals surface area contributed by atoms with E-state index in [2.05, 4.69) is 9.97 Å². The van der Waals surface area contributed by atoms with Crippen molar-refractivity contribution >= 4 is 17.5 Å². The summed E-state index contributed by atoms with van der Waals surface area (Å²) < 4.78 is 0. The van der Waals surface area contributed by atoms with Crippen molar-refractivity contribution in [2.75, 3.05) is 0 Å². The molecule has 0 fully saturated rings. The Morgan fingerprint density at radius 2 is 1.76 bits per heavy atom. The molecule has 2 aromatic rings. The zero-order valence-electron chi connectivity index (χ0n) is 8.98. The van der Waals surface area contributed by atoms with Gasteiger partial charge in [0.25, 0.3) is 0 Å². The number of hydrogen-bond donors (Lipinski definition) is 0. The molecular formula is C13H10N2OS. The number of ketones is 1. The summed E-state index contributed by atoms with van der Waals surface area (Å²) >= 11 is 1.32. The number of carbonyl (C=O) groups is 1. The van der Waals surface area contributed by atoms with Crippen LogP contribution in [0.15, 0.2) is 65.4 Å². The molecule has 0 amide bonds. The SMILES string of the molecule is O=C(C=CSc1ncccn1)c1ccccc1. The molecule has 0 radical (unpaired) electrons. The largest absolute Gasteiger partial charge is 0.289 e. The lowest BCUT2D eigenvalue weighted by atomic mass is 10.1. The van der Waals surface area contributed by atoms with Crippen LogP contribution in [0.5, 0.6) is 0 Å². The molecule has 0 atom stereocenters. The second-order valence-electron chi connectivity index (χ2n) is 3.18. The molecule has 3 nitrogen and oxygen atoms in total. The quantitative estimate of drug-likeness (QED) is 0.358. The summed E-state index contributed by atoms with van der Waals surface area (Å²) in [6, 6.07) is 10.9. The maximum Gasteiger partial charge on any atom is 0.191 e. The molecule has 0 aliphatic carbocycles. The Morgan fingerprint density at radius 1 is 1.06 bits per heavy atom. The van der Waals surface area contributed by atoms with Crippen LogP contribution in [0.1, 0.15) is 10.4 Å². The number of benzene rings is 1. The molecule has 4 heteroatoms. The van der Waals surface area contributed by atoms with Gasteiger partial charge in [-0.05, 0) is 17.6 Å². The second-order valence-corrected chi connectivity index (χ2v) is 4.06. The minimum atomic E-state index is -0.0194. The summed E-state index contributed by atoms with van der Waals surface area (Å²) in [6.45, 7) is 0.